The van der Waals surface area contributed by atoms with E-state index in [1.165, 1.54) is 0 Å². The Morgan fingerprint density at radius 1 is 1.38 bits per heavy atom. The maximum absolute atomic E-state index is 5.73. The Labute approximate surface area is 96.3 Å². The first kappa shape index (κ1) is 11.3. The molecule has 88 valence electrons. The van der Waals surface area contributed by atoms with Gasteiger partial charge in [-0.15, -0.1) is 0 Å². The largest absolute Gasteiger partial charge is 0.494 e. The van der Waals surface area contributed by atoms with Crippen LogP contribution in [0.2, 0.25) is 0 Å². The predicted octanol–water partition coefficient (Wildman–Crippen LogP) is 2.85. The SMILES string of the molecule is CCOc1cccc(OC2C[C@@H](C)CO2)c1. The quantitative estimate of drug-likeness (QED) is 0.784. The third-order valence-corrected chi connectivity index (χ3v) is 2.55. The van der Waals surface area contributed by atoms with Crippen molar-refractivity contribution in [2.45, 2.75) is 26.6 Å². The van der Waals surface area contributed by atoms with Crippen molar-refractivity contribution in [3.05, 3.63) is 24.3 Å². The molecular formula is C13H18O3. The standard InChI is InChI=1S/C13H18O3/c1-3-14-11-5-4-6-12(8-11)16-13-7-10(2)9-15-13/h4-6,8,10,13H,3,7,9H2,1-2H3/t10-,13?/m1/s1. The second kappa shape index (κ2) is 5.21. The highest BCUT2D eigenvalue weighted by Crippen LogP contribution is 2.25. The van der Waals surface area contributed by atoms with Gasteiger partial charge in [-0.25, -0.2) is 0 Å². The van der Waals surface area contributed by atoms with Gasteiger partial charge < -0.3 is 14.2 Å². The molecular weight excluding hydrogens is 204 g/mol. The average Bonchev–Trinajstić information content (AvgIpc) is 2.65. The molecule has 1 aromatic carbocycles. The molecule has 3 nitrogen and oxygen atoms in total. The Bertz CT molecular complexity index is 338. The van der Waals surface area contributed by atoms with Gasteiger partial charge in [0.2, 0.25) is 0 Å². The summed E-state index contributed by atoms with van der Waals surface area (Å²) in [6, 6.07) is 7.68. The van der Waals surface area contributed by atoms with E-state index in [9.17, 15) is 0 Å². The van der Waals surface area contributed by atoms with Crippen molar-refractivity contribution in [1.82, 2.24) is 0 Å². The summed E-state index contributed by atoms with van der Waals surface area (Å²) in [6.07, 6.45) is 0.852. The van der Waals surface area contributed by atoms with E-state index in [1.807, 2.05) is 31.2 Å². The van der Waals surface area contributed by atoms with Crippen molar-refractivity contribution in [1.29, 1.82) is 0 Å². The predicted molar refractivity (Wildman–Crippen MR) is 61.8 cm³/mol. The van der Waals surface area contributed by atoms with Crippen LogP contribution in [0.4, 0.5) is 0 Å². The molecule has 2 atom stereocenters. The van der Waals surface area contributed by atoms with Crippen molar-refractivity contribution in [2.24, 2.45) is 5.92 Å². The van der Waals surface area contributed by atoms with Crippen molar-refractivity contribution in [2.75, 3.05) is 13.2 Å². The van der Waals surface area contributed by atoms with Crippen LogP contribution < -0.4 is 9.47 Å². The molecule has 0 bridgehead atoms. The second-order valence-corrected chi connectivity index (χ2v) is 4.13. The van der Waals surface area contributed by atoms with Crippen molar-refractivity contribution >= 4 is 0 Å². The number of benzene rings is 1. The lowest BCUT2D eigenvalue weighted by Crippen LogP contribution is -2.14. The van der Waals surface area contributed by atoms with Gasteiger partial charge in [0.1, 0.15) is 11.5 Å². The van der Waals surface area contributed by atoms with Gasteiger partial charge in [-0.05, 0) is 25.0 Å². The van der Waals surface area contributed by atoms with E-state index in [2.05, 4.69) is 6.92 Å². The van der Waals surface area contributed by atoms with Crippen LogP contribution in [0.5, 0.6) is 11.5 Å². The molecule has 0 aliphatic carbocycles. The Balaban J connectivity index is 1.95. The van der Waals surface area contributed by atoms with E-state index in [-0.39, 0.29) is 6.29 Å². The summed E-state index contributed by atoms with van der Waals surface area (Å²) in [4.78, 5) is 0. The van der Waals surface area contributed by atoms with Crippen LogP contribution >= 0.6 is 0 Å². The zero-order valence-corrected chi connectivity index (χ0v) is 9.81. The highest BCUT2D eigenvalue weighted by Gasteiger charge is 2.23. The van der Waals surface area contributed by atoms with Crippen LogP contribution in [-0.2, 0) is 4.74 Å². The first-order valence-corrected chi connectivity index (χ1v) is 5.79. The van der Waals surface area contributed by atoms with Gasteiger partial charge in [0.05, 0.1) is 13.2 Å². The fraction of sp³-hybridized carbons (Fsp3) is 0.538. The second-order valence-electron chi connectivity index (χ2n) is 4.13. The number of ether oxygens (including phenoxy) is 3. The minimum atomic E-state index is -0.105. The summed E-state index contributed by atoms with van der Waals surface area (Å²) in [5, 5.41) is 0. The Kier molecular flexibility index (Phi) is 3.67. The van der Waals surface area contributed by atoms with Crippen LogP contribution in [-0.4, -0.2) is 19.5 Å². The molecule has 1 saturated heterocycles. The van der Waals surface area contributed by atoms with E-state index in [4.69, 9.17) is 14.2 Å². The summed E-state index contributed by atoms with van der Waals surface area (Å²) >= 11 is 0. The van der Waals surface area contributed by atoms with Gasteiger partial charge in [0.15, 0.2) is 6.29 Å². The Morgan fingerprint density at radius 3 is 2.88 bits per heavy atom. The molecule has 1 unspecified atom stereocenters. The molecule has 1 aliphatic heterocycles. The van der Waals surface area contributed by atoms with E-state index in [0.717, 1.165) is 24.5 Å². The molecule has 0 aromatic heterocycles. The van der Waals surface area contributed by atoms with Crippen LogP contribution in [0.1, 0.15) is 20.3 Å². The number of rotatable bonds is 4. The molecule has 0 amide bonds. The molecule has 0 N–H and O–H groups in total. The molecule has 0 radical (unpaired) electrons. The van der Waals surface area contributed by atoms with Crippen LogP contribution in [0.25, 0.3) is 0 Å². The van der Waals surface area contributed by atoms with Gasteiger partial charge in [-0.1, -0.05) is 13.0 Å². The molecule has 0 saturated carbocycles. The zero-order valence-electron chi connectivity index (χ0n) is 9.81. The Hall–Kier alpha value is -1.22. The summed E-state index contributed by atoms with van der Waals surface area (Å²) in [5.41, 5.74) is 0. The van der Waals surface area contributed by atoms with Crippen LogP contribution in [0.15, 0.2) is 24.3 Å². The van der Waals surface area contributed by atoms with Crippen molar-refractivity contribution in [3.63, 3.8) is 0 Å². The van der Waals surface area contributed by atoms with Crippen LogP contribution in [0.3, 0.4) is 0 Å². The summed E-state index contributed by atoms with van der Waals surface area (Å²) in [7, 11) is 0. The minimum Gasteiger partial charge on any atom is -0.494 e. The molecule has 0 spiro atoms. The van der Waals surface area contributed by atoms with Gasteiger partial charge in [0.25, 0.3) is 0 Å². The zero-order chi connectivity index (χ0) is 11.4. The molecule has 1 aliphatic rings. The number of hydrogen-bond acceptors (Lipinski definition) is 3. The Morgan fingerprint density at radius 2 is 2.19 bits per heavy atom. The smallest absolute Gasteiger partial charge is 0.200 e. The summed E-state index contributed by atoms with van der Waals surface area (Å²) in [6.45, 7) is 5.59. The first-order chi connectivity index (χ1) is 7.78. The van der Waals surface area contributed by atoms with E-state index >= 15 is 0 Å². The monoisotopic (exact) mass is 222 g/mol. The fourth-order valence-electron chi connectivity index (χ4n) is 1.77. The lowest BCUT2D eigenvalue weighted by molar-refractivity contribution is -0.0394. The van der Waals surface area contributed by atoms with Gasteiger partial charge >= 0.3 is 0 Å². The van der Waals surface area contributed by atoms with Crippen LogP contribution in [0, 0.1) is 5.92 Å². The topological polar surface area (TPSA) is 27.7 Å². The van der Waals surface area contributed by atoms with Gasteiger partial charge in [-0.3, -0.25) is 0 Å². The molecule has 1 aromatic rings. The van der Waals surface area contributed by atoms with Crippen molar-refractivity contribution < 1.29 is 14.2 Å². The molecule has 2 rings (SSSR count). The average molecular weight is 222 g/mol. The highest BCUT2D eigenvalue weighted by molar-refractivity contribution is 5.33. The lowest BCUT2D eigenvalue weighted by atomic mass is 10.1. The minimum absolute atomic E-state index is 0.105. The van der Waals surface area contributed by atoms with E-state index < -0.39 is 0 Å². The molecule has 16 heavy (non-hydrogen) atoms. The third kappa shape index (κ3) is 2.89. The number of hydrogen-bond donors (Lipinski definition) is 0. The summed E-state index contributed by atoms with van der Waals surface area (Å²) in [5.74, 6) is 2.23. The molecule has 1 fully saturated rings. The summed E-state index contributed by atoms with van der Waals surface area (Å²) < 4.78 is 16.6. The highest BCUT2D eigenvalue weighted by atomic mass is 16.7. The maximum atomic E-state index is 5.73. The van der Waals surface area contributed by atoms with Gasteiger partial charge in [-0.2, -0.15) is 0 Å². The maximum Gasteiger partial charge on any atom is 0.200 e. The molecule has 3 heteroatoms. The van der Waals surface area contributed by atoms with E-state index in [0.29, 0.717) is 12.5 Å². The van der Waals surface area contributed by atoms with E-state index in [1.54, 1.807) is 0 Å². The molecule has 1 heterocycles. The fourth-order valence-corrected chi connectivity index (χ4v) is 1.77. The first-order valence-electron chi connectivity index (χ1n) is 5.79. The van der Waals surface area contributed by atoms with Gasteiger partial charge in [0, 0.05) is 12.5 Å². The van der Waals surface area contributed by atoms with Crippen molar-refractivity contribution in [3.8, 4) is 11.5 Å². The lowest BCUT2D eigenvalue weighted by Gasteiger charge is -2.13. The normalized spacial score (nSPS) is 24.4. The third-order valence-electron chi connectivity index (χ3n) is 2.55.